The zero-order valence-corrected chi connectivity index (χ0v) is 19.8. The van der Waals surface area contributed by atoms with Crippen LogP contribution in [0, 0.1) is 5.92 Å². The number of rotatable bonds is 8. The van der Waals surface area contributed by atoms with E-state index in [1.807, 2.05) is 26.2 Å². The molecule has 170 valence electrons. The zero-order valence-electron chi connectivity index (χ0n) is 19.8. The Morgan fingerprint density at radius 2 is 1.56 bits per heavy atom. The standard InChI is InChI=1S/C26H36N6/c1-31(2)22-15-11-20(12-16-22)18-27-17-19-9-13-21(14-10-19)28-26-29-24-8-6-5-7-23(24)25(30-26)32(3)4/h5-8,11-12,15-16,19,21,27H,9-10,13-14,17-18H2,1-4H3,(H,28,29,30)/t19-,21+. The van der Waals surface area contributed by atoms with E-state index in [1.165, 1.54) is 24.1 Å². The Morgan fingerprint density at radius 3 is 2.25 bits per heavy atom. The van der Waals surface area contributed by atoms with Crippen LogP contribution in [0.5, 0.6) is 0 Å². The van der Waals surface area contributed by atoms with E-state index in [2.05, 4.69) is 70.9 Å². The SMILES string of the molecule is CN(C)c1ccc(CNC[C@H]2CC[C@@H](Nc3nc(N(C)C)c4ccccc4n3)CC2)cc1. The molecule has 6 heteroatoms. The molecule has 0 spiro atoms. The van der Waals surface area contributed by atoms with Crippen LogP contribution in [0.25, 0.3) is 10.9 Å². The van der Waals surface area contributed by atoms with Crippen molar-refractivity contribution in [3.63, 3.8) is 0 Å². The molecule has 0 amide bonds. The van der Waals surface area contributed by atoms with Crippen LogP contribution in [-0.4, -0.2) is 50.7 Å². The molecule has 1 aliphatic carbocycles. The van der Waals surface area contributed by atoms with E-state index in [0.29, 0.717) is 6.04 Å². The Kier molecular flexibility index (Phi) is 7.10. The lowest BCUT2D eigenvalue weighted by atomic mass is 9.86. The van der Waals surface area contributed by atoms with Crippen LogP contribution in [0.3, 0.4) is 0 Å². The third kappa shape index (κ3) is 5.49. The number of benzene rings is 2. The smallest absolute Gasteiger partial charge is 0.225 e. The minimum atomic E-state index is 0.445. The van der Waals surface area contributed by atoms with E-state index in [1.54, 1.807) is 0 Å². The van der Waals surface area contributed by atoms with Gasteiger partial charge in [-0.25, -0.2) is 4.98 Å². The Hall–Kier alpha value is -2.86. The lowest BCUT2D eigenvalue weighted by Crippen LogP contribution is -2.31. The fourth-order valence-electron chi connectivity index (χ4n) is 4.49. The number of anilines is 3. The highest BCUT2D eigenvalue weighted by molar-refractivity contribution is 5.90. The molecule has 32 heavy (non-hydrogen) atoms. The predicted molar refractivity (Wildman–Crippen MR) is 136 cm³/mol. The van der Waals surface area contributed by atoms with Gasteiger partial charge in [0.2, 0.25) is 5.95 Å². The monoisotopic (exact) mass is 432 g/mol. The highest BCUT2D eigenvalue weighted by Crippen LogP contribution is 2.28. The van der Waals surface area contributed by atoms with Gasteiger partial charge in [-0.1, -0.05) is 24.3 Å². The molecular weight excluding hydrogens is 396 g/mol. The van der Waals surface area contributed by atoms with E-state index in [9.17, 15) is 0 Å². The van der Waals surface area contributed by atoms with E-state index in [0.717, 1.165) is 54.5 Å². The summed E-state index contributed by atoms with van der Waals surface area (Å²) in [6.45, 7) is 2.02. The van der Waals surface area contributed by atoms with Gasteiger partial charge in [0, 0.05) is 51.9 Å². The van der Waals surface area contributed by atoms with Gasteiger partial charge in [-0.05, 0) is 68.0 Å². The van der Waals surface area contributed by atoms with Gasteiger partial charge in [0.05, 0.1) is 5.52 Å². The molecule has 0 unspecified atom stereocenters. The van der Waals surface area contributed by atoms with Gasteiger partial charge in [0.15, 0.2) is 0 Å². The van der Waals surface area contributed by atoms with Crippen LogP contribution in [0.15, 0.2) is 48.5 Å². The summed E-state index contributed by atoms with van der Waals surface area (Å²) in [5, 5.41) is 8.36. The maximum atomic E-state index is 4.80. The lowest BCUT2D eigenvalue weighted by Gasteiger charge is -2.29. The molecule has 1 aromatic heterocycles. The van der Waals surface area contributed by atoms with Crippen molar-refractivity contribution in [3.05, 3.63) is 54.1 Å². The van der Waals surface area contributed by atoms with Crippen molar-refractivity contribution >= 4 is 28.4 Å². The number of nitrogens with zero attached hydrogens (tertiary/aromatic N) is 4. The summed E-state index contributed by atoms with van der Waals surface area (Å²) in [5.41, 5.74) is 3.58. The Labute approximate surface area is 192 Å². The topological polar surface area (TPSA) is 56.3 Å². The van der Waals surface area contributed by atoms with Gasteiger partial charge in [-0.2, -0.15) is 4.98 Å². The molecule has 0 saturated heterocycles. The highest BCUT2D eigenvalue weighted by atomic mass is 15.2. The average Bonchev–Trinajstić information content (AvgIpc) is 2.80. The van der Waals surface area contributed by atoms with Crippen LogP contribution in [0.4, 0.5) is 17.5 Å². The first-order chi connectivity index (χ1) is 15.5. The van der Waals surface area contributed by atoms with Crippen molar-refractivity contribution in [1.82, 2.24) is 15.3 Å². The summed E-state index contributed by atoms with van der Waals surface area (Å²) in [6.07, 6.45) is 4.80. The molecule has 4 rings (SSSR count). The molecule has 2 N–H and O–H groups in total. The normalized spacial score (nSPS) is 18.5. The molecule has 1 heterocycles. The molecule has 0 bridgehead atoms. The Morgan fingerprint density at radius 1 is 0.844 bits per heavy atom. The molecule has 0 atom stereocenters. The van der Waals surface area contributed by atoms with Gasteiger partial charge in [0.1, 0.15) is 5.82 Å². The molecule has 0 aliphatic heterocycles. The summed E-state index contributed by atoms with van der Waals surface area (Å²) in [5.74, 6) is 2.45. The van der Waals surface area contributed by atoms with Gasteiger partial charge in [0.25, 0.3) is 0 Å². The van der Waals surface area contributed by atoms with Crippen LogP contribution >= 0.6 is 0 Å². The van der Waals surface area contributed by atoms with Crippen LogP contribution < -0.4 is 20.4 Å². The number of para-hydroxylation sites is 1. The first kappa shape index (κ1) is 22.3. The molecule has 1 aliphatic rings. The van der Waals surface area contributed by atoms with Crippen molar-refractivity contribution in [3.8, 4) is 0 Å². The largest absolute Gasteiger partial charge is 0.378 e. The first-order valence-corrected chi connectivity index (χ1v) is 11.7. The van der Waals surface area contributed by atoms with E-state index in [4.69, 9.17) is 9.97 Å². The summed E-state index contributed by atoms with van der Waals surface area (Å²) in [4.78, 5) is 13.8. The fourth-order valence-corrected chi connectivity index (χ4v) is 4.49. The van der Waals surface area contributed by atoms with Gasteiger partial charge in [-0.15, -0.1) is 0 Å². The maximum absolute atomic E-state index is 4.80. The second-order valence-electron chi connectivity index (χ2n) is 9.34. The minimum Gasteiger partial charge on any atom is -0.378 e. The summed E-state index contributed by atoms with van der Waals surface area (Å²) >= 11 is 0. The van der Waals surface area contributed by atoms with Crippen molar-refractivity contribution < 1.29 is 0 Å². The molecule has 3 aromatic rings. The van der Waals surface area contributed by atoms with Gasteiger partial charge in [-0.3, -0.25) is 0 Å². The fraction of sp³-hybridized carbons (Fsp3) is 0.462. The average molecular weight is 433 g/mol. The van der Waals surface area contributed by atoms with E-state index in [-0.39, 0.29) is 0 Å². The molecule has 2 aromatic carbocycles. The Balaban J connectivity index is 1.26. The van der Waals surface area contributed by atoms with Crippen LogP contribution in [0.1, 0.15) is 31.2 Å². The third-order valence-corrected chi connectivity index (χ3v) is 6.40. The summed E-state index contributed by atoms with van der Waals surface area (Å²) in [7, 11) is 8.22. The van der Waals surface area contributed by atoms with Crippen LogP contribution in [0.2, 0.25) is 0 Å². The first-order valence-electron chi connectivity index (χ1n) is 11.7. The molecule has 0 radical (unpaired) electrons. The number of aromatic nitrogens is 2. The number of nitrogens with one attached hydrogen (secondary N) is 2. The van der Waals surface area contributed by atoms with Gasteiger partial charge < -0.3 is 20.4 Å². The second-order valence-corrected chi connectivity index (χ2v) is 9.34. The molecular formula is C26H36N6. The molecule has 6 nitrogen and oxygen atoms in total. The lowest BCUT2D eigenvalue weighted by molar-refractivity contribution is 0.324. The number of hydrogen-bond donors (Lipinski definition) is 2. The van der Waals surface area contributed by atoms with E-state index < -0.39 is 0 Å². The number of hydrogen-bond acceptors (Lipinski definition) is 6. The Bertz CT molecular complexity index is 1010. The molecule has 1 fully saturated rings. The van der Waals surface area contributed by atoms with Crippen LogP contribution in [-0.2, 0) is 6.54 Å². The van der Waals surface area contributed by atoms with Gasteiger partial charge >= 0.3 is 0 Å². The van der Waals surface area contributed by atoms with Crippen molar-refractivity contribution in [2.45, 2.75) is 38.3 Å². The van der Waals surface area contributed by atoms with E-state index >= 15 is 0 Å². The zero-order chi connectivity index (χ0) is 22.5. The highest BCUT2D eigenvalue weighted by Gasteiger charge is 2.22. The minimum absolute atomic E-state index is 0.445. The quantitative estimate of drug-likeness (QED) is 0.546. The second kappa shape index (κ2) is 10.2. The molecule has 1 saturated carbocycles. The number of fused-ring (bicyclic) bond motifs is 1. The third-order valence-electron chi connectivity index (χ3n) is 6.40. The van der Waals surface area contributed by atoms with Crippen molar-refractivity contribution in [1.29, 1.82) is 0 Å². The summed E-state index contributed by atoms with van der Waals surface area (Å²) < 4.78 is 0. The summed E-state index contributed by atoms with van der Waals surface area (Å²) in [6, 6.07) is 17.5. The van der Waals surface area contributed by atoms with Crippen molar-refractivity contribution in [2.75, 3.05) is 49.9 Å². The van der Waals surface area contributed by atoms with Crippen molar-refractivity contribution in [2.24, 2.45) is 5.92 Å². The maximum Gasteiger partial charge on any atom is 0.225 e. The predicted octanol–water partition coefficient (Wildman–Crippen LogP) is 4.52.